The fraction of sp³-hybridized carbons (Fsp3) is 0.357. The van der Waals surface area contributed by atoms with E-state index in [1.807, 2.05) is 6.92 Å². The minimum atomic E-state index is -4.05. The largest absolute Gasteiger partial charge is 0.352 e. The van der Waals surface area contributed by atoms with E-state index in [-0.39, 0.29) is 10.8 Å². The summed E-state index contributed by atoms with van der Waals surface area (Å²) in [4.78, 5) is 33.3. The number of nitrogens with zero attached hydrogens (tertiary/aromatic N) is 2. The summed E-state index contributed by atoms with van der Waals surface area (Å²) in [6.07, 6.45) is 10.1. The molecule has 38 heavy (non-hydrogen) atoms. The molecule has 5 rings (SSSR count). The van der Waals surface area contributed by atoms with E-state index in [2.05, 4.69) is 31.4 Å². The maximum absolute atomic E-state index is 12.9. The number of sulfonamides is 1. The molecule has 3 amide bonds. The average Bonchev–Trinajstić information content (AvgIpc) is 3.58. The maximum Gasteiger partial charge on any atom is 0.333 e. The van der Waals surface area contributed by atoms with Crippen LogP contribution in [0, 0.1) is 0 Å². The molecule has 0 bridgehead atoms. The monoisotopic (exact) mass is 533 g/mol. The summed E-state index contributed by atoms with van der Waals surface area (Å²) in [6.45, 7) is 2.31. The van der Waals surface area contributed by atoms with Gasteiger partial charge >= 0.3 is 6.03 Å². The summed E-state index contributed by atoms with van der Waals surface area (Å²) < 4.78 is 27.9. The summed E-state index contributed by atoms with van der Waals surface area (Å²) in [7, 11) is -4.05. The Bertz CT molecular complexity index is 1440. The number of fused-ring (bicyclic) bond motifs is 2. The van der Waals surface area contributed by atoms with E-state index in [1.54, 1.807) is 12.1 Å². The number of carbonyl (C=O) groups is 2. The number of hydrogen-bond donors (Lipinski definition) is 3. The second-order valence-corrected chi connectivity index (χ2v) is 11.4. The first kappa shape index (κ1) is 25.8. The van der Waals surface area contributed by atoms with Crippen molar-refractivity contribution in [2.75, 3.05) is 11.9 Å². The fourth-order valence-electron chi connectivity index (χ4n) is 5.20. The minimum Gasteiger partial charge on any atom is -0.352 e. The molecular weight excluding hydrogens is 502 g/mol. The Labute approximate surface area is 222 Å². The first-order valence-corrected chi connectivity index (χ1v) is 14.5. The molecule has 0 saturated carbocycles. The third-order valence-electron chi connectivity index (χ3n) is 7.16. The van der Waals surface area contributed by atoms with Gasteiger partial charge in [0.25, 0.3) is 15.9 Å². The van der Waals surface area contributed by atoms with Crippen LogP contribution in [0.3, 0.4) is 0 Å². The molecule has 0 fully saturated rings. The van der Waals surface area contributed by atoms with Crippen LogP contribution in [0.15, 0.2) is 47.6 Å². The van der Waals surface area contributed by atoms with Crippen molar-refractivity contribution in [1.29, 1.82) is 0 Å². The number of carbonyl (C=O) groups excluding carboxylic acids is 2. The van der Waals surface area contributed by atoms with Crippen LogP contribution in [0.25, 0.3) is 0 Å². The zero-order valence-corrected chi connectivity index (χ0v) is 22.2. The van der Waals surface area contributed by atoms with Crippen molar-refractivity contribution in [3.8, 4) is 0 Å². The Balaban J connectivity index is 1.17. The topological polar surface area (TPSA) is 130 Å². The fourth-order valence-corrected chi connectivity index (χ4v) is 6.11. The van der Waals surface area contributed by atoms with Gasteiger partial charge in [-0.1, -0.05) is 25.1 Å². The highest BCUT2D eigenvalue weighted by atomic mass is 32.2. The lowest BCUT2D eigenvalue weighted by Crippen LogP contribution is -2.35. The van der Waals surface area contributed by atoms with Crippen molar-refractivity contribution in [2.24, 2.45) is 0 Å². The number of urea groups is 1. The Morgan fingerprint density at radius 1 is 0.921 bits per heavy atom. The highest BCUT2D eigenvalue weighted by Gasteiger charge is 2.26. The average molecular weight is 534 g/mol. The van der Waals surface area contributed by atoms with E-state index < -0.39 is 16.1 Å². The molecule has 10 heteroatoms. The third kappa shape index (κ3) is 5.55. The Morgan fingerprint density at radius 2 is 1.55 bits per heavy atom. The zero-order chi connectivity index (χ0) is 26.7. The number of anilines is 1. The molecule has 2 aliphatic rings. The molecule has 3 aromatic rings. The number of hydrogen-bond acceptors (Lipinski definition) is 6. The van der Waals surface area contributed by atoms with Gasteiger partial charge in [-0.3, -0.25) is 4.79 Å². The molecule has 0 atom stereocenters. The van der Waals surface area contributed by atoms with Crippen molar-refractivity contribution in [3.63, 3.8) is 0 Å². The number of aryl methyl sites for hydroxylation is 3. The molecule has 0 saturated heterocycles. The van der Waals surface area contributed by atoms with Crippen LogP contribution in [-0.4, -0.2) is 36.9 Å². The van der Waals surface area contributed by atoms with Crippen LogP contribution in [0.5, 0.6) is 0 Å². The lowest BCUT2D eigenvalue weighted by molar-refractivity contribution is 0.0953. The molecule has 3 N–H and O–H groups in total. The van der Waals surface area contributed by atoms with E-state index in [0.29, 0.717) is 30.8 Å². The van der Waals surface area contributed by atoms with Gasteiger partial charge in [0.2, 0.25) is 0 Å². The van der Waals surface area contributed by atoms with Crippen LogP contribution in [0.4, 0.5) is 10.5 Å². The summed E-state index contributed by atoms with van der Waals surface area (Å²) in [5, 5.41) is 5.67. The van der Waals surface area contributed by atoms with Crippen LogP contribution in [0.1, 0.15) is 63.8 Å². The Morgan fingerprint density at radius 3 is 2.16 bits per heavy atom. The molecule has 0 aliphatic heterocycles. The highest BCUT2D eigenvalue weighted by molar-refractivity contribution is 7.90. The van der Waals surface area contributed by atoms with Crippen LogP contribution in [0.2, 0.25) is 0 Å². The van der Waals surface area contributed by atoms with Gasteiger partial charge in [-0.25, -0.2) is 27.9 Å². The normalized spacial score (nSPS) is 14.0. The maximum atomic E-state index is 12.9. The molecule has 9 nitrogen and oxygen atoms in total. The first-order chi connectivity index (χ1) is 18.3. The van der Waals surface area contributed by atoms with Crippen molar-refractivity contribution >= 4 is 27.6 Å². The lowest BCUT2D eigenvalue weighted by atomic mass is 9.99. The second kappa shape index (κ2) is 10.9. The first-order valence-electron chi connectivity index (χ1n) is 13.0. The van der Waals surface area contributed by atoms with Crippen molar-refractivity contribution < 1.29 is 18.0 Å². The summed E-state index contributed by atoms with van der Waals surface area (Å²) in [5.41, 5.74) is 6.84. The number of nitrogens with one attached hydrogen (secondary N) is 3. The smallest absolute Gasteiger partial charge is 0.333 e. The molecule has 2 aliphatic carbocycles. The van der Waals surface area contributed by atoms with E-state index in [9.17, 15) is 18.0 Å². The van der Waals surface area contributed by atoms with Gasteiger partial charge in [0.1, 0.15) is 5.82 Å². The van der Waals surface area contributed by atoms with Gasteiger partial charge in [-0.05, 0) is 84.9 Å². The molecule has 0 spiro atoms. The van der Waals surface area contributed by atoms with Gasteiger partial charge in [0.15, 0.2) is 0 Å². The Kier molecular flexibility index (Phi) is 7.42. The molecular formula is C28H31N5O4S. The predicted molar refractivity (Wildman–Crippen MR) is 144 cm³/mol. The van der Waals surface area contributed by atoms with Gasteiger partial charge in [0, 0.05) is 31.0 Å². The number of rotatable bonds is 8. The zero-order valence-electron chi connectivity index (χ0n) is 21.3. The lowest BCUT2D eigenvalue weighted by Gasteiger charge is -2.16. The standard InChI is InChI=1S/C28H31N5O4S/c1-2-25-30-16-21(17-31-25)27(34)29-14-13-18-9-11-22(12-10-18)38(36,37)33-28(35)32-26-23-7-3-5-19(23)15-20-6-4-8-24(20)26/h9-12,15-17H,2-8,13-14H2,1H3,(H,29,34)(H2,32,33,35). The summed E-state index contributed by atoms with van der Waals surface area (Å²) in [6, 6.07) is 7.78. The summed E-state index contributed by atoms with van der Waals surface area (Å²) in [5.74, 6) is 0.410. The molecule has 1 heterocycles. The van der Waals surface area contributed by atoms with Gasteiger partial charge in [-0.15, -0.1) is 0 Å². The number of aromatic nitrogens is 2. The predicted octanol–water partition coefficient (Wildman–Crippen LogP) is 3.50. The molecule has 2 aromatic carbocycles. The number of benzene rings is 2. The molecule has 1 aromatic heterocycles. The highest BCUT2D eigenvalue weighted by Crippen LogP contribution is 2.38. The van der Waals surface area contributed by atoms with Crippen molar-refractivity contribution in [2.45, 2.75) is 63.2 Å². The van der Waals surface area contributed by atoms with Crippen LogP contribution in [-0.2, 0) is 48.5 Å². The second-order valence-electron chi connectivity index (χ2n) is 9.69. The third-order valence-corrected chi connectivity index (χ3v) is 8.50. The van der Waals surface area contributed by atoms with Gasteiger partial charge < -0.3 is 10.6 Å². The Hall–Kier alpha value is -3.79. The van der Waals surface area contributed by atoms with Crippen molar-refractivity contribution in [1.82, 2.24) is 20.0 Å². The van der Waals surface area contributed by atoms with Crippen LogP contribution < -0.4 is 15.4 Å². The van der Waals surface area contributed by atoms with Crippen molar-refractivity contribution in [3.05, 3.63) is 81.9 Å². The van der Waals surface area contributed by atoms with E-state index in [1.165, 1.54) is 35.7 Å². The molecule has 0 unspecified atom stereocenters. The SMILES string of the molecule is CCc1ncc(C(=O)NCCc2ccc(S(=O)(=O)NC(=O)Nc3c4c(cc5c3CCC5)CCC4)cc2)cn1. The number of amides is 3. The van der Waals surface area contributed by atoms with Crippen LogP contribution >= 0.6 is 0 Å². The van der Waals surface area contributed by atoms with E-state index in [4.69, 9.17) is 0 Å². The minimum absolute atomic E-state index is 0.00267. The summed E-state index contributed by atoms with van der Waals surface area (Å²) >= 11 is 0. The quantitative estimate of drug-likeness (QED) is 0.406. The van der Waals surface area contributed by atoms with Gasteiger partial charge in [-0.2, -0.15) is 0 Å². The molecule has 198 valence electrons. The molecule has 0 radical (unpaired) electrons. The van der Waals surface area contributed by atoms with E-state index >= 15 is 0 Å². The van der Waals surface area contributed by atoms with E-state index in [0.717, 1.165) is 60.9 Å². The van der Waals surface area contributed by atoms with Gasteiger partial charge in [0.05, 0.1) is 10.5 Å².